The Morgan fingerprint density at radius 3 is 2.70 bits per heavy atom. The second-order valence-corrected chi connectivity index (χ2v) is 6.43. The molecule has 8 nitrogen and oxygen atoms in total. The molecule has 0 radical (unpaired) electrons. The zero-order valence-corrected chi connectivity index (χ0v) is 11.7. The monoisotopic (exact) mass is 300 g/mol. The van der Waals surface area contributed by atoms with Crippen LogP contribution in [0, 0.1) is 16.0 Å². The predicted octanol–water partition coefficient (Wildman–Crippen LogP) is 0.957. The number of nitro groups is 1. The van der Waals surface area contributed by atoms with Gasteiger partial charge in [0.05, 0.1) is 9.82 Å². The second kappa shape index (κ2) is 5.35. The summed E-state index contributed by atoms with van der Waals surface area (Å²) in [6.45, 7) is 1.99. The lowest BCUT2D eigenvalue weighted by atomic mass is 10.3. The summed E-state index contributed by atoms with van der Waals surface area (Å²) in [6.07, 6.45) is 1.71. The number of nitrogens with zero attached hydrogens (tertiary/aromatic N) is 1. The summed E-state index contributed by atoms with van der Waals surface area (Å²) in [7, 11) is -3.74. The Morgan fingerprint density at radius 1 is 1.50 bits per heavy atom. The second-order valence-electron chi connectivity index (χ2n) is 4.71. The van der Waals surface area contributed by atoms with Crippen molar-refractivity contribution in [2.24, 2.45) is 11.8 Å². The van der Waals surface area contributed by atoms with Gasteiger partial charge in [-0.2, -0.15) is 0 Å². The van der Waals surface area contributed by atoms with Crippen LogP contribution in [0.2, 0.25) is 0 Å². The highest BCUT2D eigenvalue weighted by molar-refractivity contribution is 7.89. The molecule has 2 rings (SSSR count). The fourth-order valence-electron chi connectivity index (χ4n) is 2.06. The summed E-state index contributed by atoms with van der Waals surface area (Å²) in [5, 5.41) is 10.9. The standard InChI is InChI=1S/C11H16N4O4S/c1-2-7-5-10(7)14-20(18,19)8-3-4-9(13-12)11(6-8)15(16)17/h3-4,6-7,10,13-14H,2,5,12H2,1H3. The molecule has 1 aliphatic rings. The molecule has 0 heterocycles. The van der Waals surface area contributed by atoms with Gasteiger partial charge in [0.2, 0.25) is 10.0 Å². The smallest absolute Gasteiger partial charge is 0.294 e. The van der Waals surface area contributed by atoms with E-state index in [-0.39, 0.29) is 22.3 Å². The first-order chi connectivity index (χ1) is 9.39. The number of anilines is 1. The average molecular weight is 300 g/mol. The summed E-state index contributed by atoms with van der Waals surface area (Å²) < 4.78 is 26.8. The molecule has 2 atom stereocenters. The van der Waals surface area contributed by atoms with Crippen LogP contribution in [0.15, 0.2) is 23.1 Å². The molecule has 1 saturated carbocycles. The summed E-state index contributed by atoms with van der Waals surface area (Å²) in [5.74, 6) is 5.51. The van der Waals surface area contributed by atoms with Gasteiger partial charge in [0.25, 0.3) is 5.69 Å². The number of hydrazine groups is 1. The third kappa shape index (κ3) is 2.89. The van der Waals surface area contributed by atoms with E-state index in [1.807, 2.05) is 6.92 Å². The van der Waals surface area contributed by atoms with Gasteiger partial charge in [-0.05, 0) is 24.5 Å². The molecule has 0 spiro atoms. The van der Waals surface area contributed by atoms with E-state index in [4.69, 9.17) is 5.84 Å². The van der Waals surface area contributed by atoms with E-state index in [0.29, 0.717) is 5.92 Å². The van der Waals surface area contributed by atoms with Crippen molar-refractivity contribution >= 4 is 21.4 Å². The predicted molar refractivity (Wildman–Crippen MR) is 73.4 cm³/mol. The quantitative estimate of drug-likeness (QED) is 0.408. The third-order valence-corrected chi connectivity index (χ3v) is 4.87. The maximum absolute atomic E-state index is 12.1. The van der Waals surface area contributed by atoms with Crippen LogP contribution in [-0.2, 0) is 10.0 Å². The van der Waals surface area contributed by atoms with Crippen molar-refractivity contribution in [3.63, 3.8) is 0 Å². The zero-order valence-electron chi connectivity index (χ0n) is 10.9. The lowest BCUT2D eigenvalue weighted by Gasteiger charge is -2.08. The number of rotatable bonds is 6. The number of nitro benzene ring substituents is 1. The van der Waals surface area contributed by atoms with E-state index >= 15 is 0 Å². The van der Waals surface area contributed by atoms with Gasteiger partial charge in [-0.25, -0.2) is 13.1 Å². The molecule has 20 heavy (non-hydrogen) atoms. The van der Waals surface area contributed by atoms with Gasteiger partial charge in [0.1, 0.15) is 5.69 Å². The van der Waals surface area contributed by atoms with Crippen molar-refractivity contribution in [3.05, 3.63) is 28.3 Å². The molecule has 4 N–H and O–H groups in total. The molecule has 2 unspecified atom stereocenters. The van der Waals surface area contributed by atoms with Crippen molar-refractivity contribution in [3.8, 4) is 0 Å². The molecule has 0 saturated heterocycles. The minimum Gasteiger partial charge on any atom is -0.318 e. The molecule has 1 aromatic rings. The highest BCUT2D eigenvalue weighted by atomic mass is 32.2. The Hall–Kier alpha value is -1.71. The van der Waals surface area contributed by atoms with Crippen molar-refractivity contribution in [1.82, 2.24) is 4.72 Å². The van der Waals surface area contributed by atoms with Gasteiger partial charge >= 0.3 is 0 Å². The normalized spacial score (nSPS) is 21.5. The minimum absolute atomic E-state index is 0.0619. The average Bonchev–Trinajstić information content (AvgIpc) is 3.15. The van der Waals surface area contributed by atoms with Crippen LogP contribution in [0.25, 0.3) is 0 Å². The van der Waals surface area contributed by atoms with Gasteiger partial charge in [-0.3, -0.25) is 16.0 Å². The Balaban J connectivity index is 2.28. The molecule has 1 aromatic carbocycles. The topological polar surface area (TPSA) is 127 Å². The summed E-state index contributed by atoms with van der Waals surface area (Å²) in [4.78, 5) is 10.1. The molecule has 9 heteroatoms. The summed E-state index contributed by atoms with van der Waals surface area (Å²) in [6, 6.07) is 3.49. The number of nitrogens with two attached hydrogens (primary N) is 1. The van der Waals surface area contributed by atoms with Crippen molar-refractivity contribution in [1.29, 1.82) is 0 Å². The molecular weight excluding hydrogens is 284 g/mol. The van der Waals surface area contributed by atoms with Gasteiger partial charge in [-0.15, -0.1) is 0 Å². The van der Waals surface area contributed by atoms with E-state index in [0.717, 1.165) is 18.9 Å². The fraction of sp³-hybridized carbons (Fsp3) is 0.455. The largest absolute Gasteiger partial charge is 0.318 e. The van der Waals surface area contributed by atoms with Crippen LogP contribution in [0.4, 0.5) is 11.4 Å². The van der Waals surface area contributed by atoms with E-state index in [2.05, 4.69) is 10.1 Å². The lowest BCUT2D eigenvalue weighted by molar-refractivity contribution is -0.384. The molecule has 0 aromatic heterocycles. The maximum Gasteiger partial charge on any atom is 0.294 e. The molecule has 1 fully saturated rings. The zero-order chi connectivity index (χ0) is 14.9. The lowest BCUT2D eigenvalue weighted by Crippen LogP contribution is -2.27. The summed E-state index contributed by atoms with van der Waals surface area (Å²) >= 11 is 0. The molecule has 1 aliphatic carbocycles. The number of nitrogen functional groups attached to an aromatic ring is 1. The SMILES string of the molecule is CCC1CC1NS(=O)(=O)c1ccc(NN)c([N+](=O)[O-])c1. The van der Waals surface area contributed by atoms with Gasteiger partial charge in [0, 0.05) is 12.1 Å². The molecule has 110 valence electrons. The maximum atomic E-state index is 12.1. The molecular formula is C11H16N4O4S. The first-order valence-corrected chi connectivity index (χ1v) is 7.64. The number of hydrogen-bond donors (Lipinski definition) is 3. The van der Waals surface area contributed by atoms with Crippen molar-refractivity contribution in [2.75, 3.05) is 5.43 Å². The van der Waals surface area contributed by atoms with E-state index < -0.39 is 14.9 Å². The van der Waals surface area contributed by atoms with Crippen molar-refractivity contribution < 1.29 is 13.3 Å². The third-order valence-electron chi connectivity index (χ3n) is 3.39. The Labute approximate surface area is 116 Å². The van der Waals surface area contributed by atoms with Crippen LogP contribution in [0.1, 0.15) is 19.8 Å². The summed E-state index contributed by atoms with van der Waals surface area (Å²) in [5.41, 5.74) is 1.85. The number of benzene rings is 1. The molecule has 0 aliphatic heterocycles. The Morgan fingerprint density at radius 2 is 2.20 bits per heavy atom. The van der Waals surface area contributed by atoms with E-state index in [1.54, 1.807) is 0 Å². The molecule has 0 bridgehead atoms. The van der Waals surface area contributed by atoms with Crippen LogP contribution in [0.5, 0.6) is 0 Å². The highest BCUT2D eigenvalue weighted by Gasteiger charge is 2.38. The van der Waals surface area contributed by atoms with Crippen LogP contribution >= 0.6 is 0 Å². The van der Waals surface area contributed by atoms with Crippen LogP contribution in [0.3, 0.4) is 0 Å². The van der Waals surface area contributed by atoms with Gasteiger partial charge in [-0.1, -0.05) is 13.3 Å². The van der Waals surface area contributed by atoms with Crippen molar-refractivity contribution in [2.45, 2.75) is 30.7 Å². The first kappa shape index (κ1) is 14.7. The fourth-order valence-corrected chi connectivity index (χ4v) is 3.40. The molecule has 0 amide bonds. The Kier molecular flexibility index (Phi) is 3.93. The van der Waals surface area contributed by atoms with E-state index in [9.17, 15) is 18.5 Å². The highest BCUT2D eigenvalue weighted by Crippen LogP contribution is 2.35. The van der Waals surface area contributed by atoms with Gasteiger partial charge < -0.3 is 5.43 Å². The number of hydrogen-bond acceptors (Lipinski definition) is 6. The van der Waals surface area contributed by atoms with Crippen LogP contribution in [-0.4, -0.2) is 19.4 Å². The van der Waals surface area contributed by atoms with Gasteiger partial charge in [0.15, 0.2) is 0 Å². The van der Waals surface area contributed by atoms with Crippen LogP contribution < -0.4 is 16.0 Å². The number of nitrogens with one attached hydrogen (secondary N) is 2. The number of sulfonamides is 1. The minimum atomic E-state index is -3.74. The van der Waals surface area contributed by atoms with E-state index in [1.165, 1.54) is 12.1 Å². The first-order valence-electron chi connectivity index (χ1n) is 6.16. The Bertz CT molecular complexity index is 631.